The maximum atomic E-state index is 10.2. The molecule has 24 heavy (non-hydrogen) atoms. The first-order valence-corrected chi connectivity index (χ1v) is 8.22. The standard InChI is InChI=1S/C12H16N2.C6H5NO3/c13-12-8-4-1-2-6-10(8)14-11-7-3-5-9(11)12;8-5-1-4(6(9)10)2-7-3-5/h1-7H2,(H2,13,14);1-3,8H,(H,9,10). The summed E-state index contributed by atoms with van der Waals surface area (Å²) in [5.74, 6) is -1.23. The molecule has 0 amide bonds. The molecule has 2 aliphatic rings. The average molecular weight is 327 g/mol. The zero-order valence-electron chi connectivity index (χ0n) is 13.5. The van der Waals surface area contributed by atoms with E-state index in [9.17, 15) is 4.79 Å². The molecule has 0 bridgehead atoms. The molecule has 0 radical (unpaired) electrons. The summed E-state index contributed by atoms with van der Waals surface area (Å²) in [5.41, 5.74) is 12.6. The van der Waals surface area contributed by atoms with Crippen molar-refractivity contribution in [3.8, 4) is 5.75 Å². The molecule has 4 N–H and O–H groups in total. The van der Waals surface area contributed by atoms with E-state index in [1.165, 1.54) is 54.2 Å². The lowest BCUT2D eigenvalue weighted by Crippen LogP contribution is -2.12. The van der Waals surface area contributed by atoms with E-state index in [0.29, 0.717) is 0 Å². The van der Waals surface area contributed by atoms with Crippen molar-refractivity contribution in [3.63, 3.8) is 0 Å². The molecule has 2 heterocycles. The number of aromatic nitrogens is 2. The molecular formula is C18H21N3O3. The Morgan fingerprint density at radius 2 is 1.62 bits per heavy atom. The third-order valence-electron chi connectivity index (χ3n) is 4.52. The molecule has 0 saturated heterocycles. The van der Waals surface area contributed by atoms with Crippen LogP contribution in [0, 0.1) is 0 Å². The molecule has 4 rings (SSSR count). The number of carbonyl (C=O) groups is 1. The Kier molecular flexibility index (Phi) is 4.64. The number of nitrogen functional groups attached to an aromatic ring is 1. The Bertz CT molecular complexity index is 774. The van der Waals surface area contributed by atoms with Gasteiger partial charge in [0.1, 0.15) is 5.75 Å². The number of aromatic carboxylic acids is 1. The highest BCUT2D eigenvalue weighted by molar-refractivity contribution is 5.87. The summed E-state index contributed by atoms with van der Waals surface area (Å²) >= 11 is 0. The van der Waals surface area contributed by atoms with E-state index in [0.717, 1.165) is 37.4 Å². The van der Waals surface area contributed by atoms with Crippen molar-refractivity contribution in [1.82, 2.24) is 9.97 Å². The van der Waals surface area contributed by atoms with Gasteiger partial charge in [-0.2, -0.15) is 0 Å². The summed E-state index contributed by atoms with van der Waals surface area (Å²) in [5, 5.41) is 17.1. The van der Waals surface area contributed by atoms with Gasteiger partial charge in [-0.3, -0.25) is 9.97 Å². The van der Waals surface area contributed by atoms with Gasteiger partial charge in [-0.15, -0.1) is 0 Å². The predicted octanol–water partition coefficient (Wildman–Crippen LogP) is 2.52. The maximum absolute atomic E-state index is 10.2. The zero-order chi connectivity index (χ0) is 17.1. The third-order valence-corrected chi connectivity index (χ3v) is 4.52. The number of carboxylic acid groups (broad SMARTS) is 1. The lowest BCUT2D eigenvalue weighted by molar-refractivity contribution is 0.0696. The maximum Gasteiger partial charge on any atom is 0.337 e. The minimum atomic E-state index is -1.09. The monoisotopic (exact) mass is 327 g/mol. The van der Waals surface area contributed by atoms with E-state index >= 15 is 0 Å². The molecule has 2 aromatic rings. The number of nitrogens with two attached hydrogens (primary N) is 1. The highest BCUT2D eigenvalue weighted by atomic mass is 16.4. The van der Waals surface area contributed by atoms with Gasteiger partial charge in [0.25, 0.3) is 0 Å². The first-order valence-electron chi connectivity index (χ1n) is 8.22. The molecule has 0 spiro atoms. The Hall–Kier alpha value is -2.63. The second-order valence-electron chi connectivity index (χ2n) is 6.17. The van der Waals surface area contributed by atoms with Crippen LogP contribution in [-0.4, -0.2) is 26.2 Å². The Balaban J connectivity index is 0.000000150. The molecule has 2 aliphatic carbocycles. The normalized spacial score (nSPS) is 15.0. The van der Waals surface area contributed by atoms with E-state index in [4.69, 9.17) is 20.9 Å². The number of aryl methyl sites for hydroxylation is 2. The van der Waals surface area contributed by atoms with Gasteiger partial charge in [0, 0.05) is 23.3 Å². The Labute approximate surface area is 140 Å². The van der Waals surface area contributed by atoms with Gasteiger partial charge in [-0.05, 0) is 62.1 Å². The first kappa shape index (κ1) is 16.2. The van der Waals surface area contributed by atoms with Crippen molar-refractivity contribution in [2.24, 2.45) is 0 Å². The molecule has 0 aliphatic heterocycles. The molecular weight excluding hydrogens is 306 g/mol. The van der Waals surface area contributed by atoms with Crippen LogP contribution in [0.5, 0.6) is 5.75 Å². The number of hydrogen-bond donors (Lipinski definition) is 3. The summed E-state index contributed by atoms with van der Waals surface area (Å²) in [4.78, 5) is 18.5. The van der Waals surface area contributed by atoms with Crippen molar-refractivity contribution in [2.45, 2.75) is 44.9 Å². The summed E-state index contributed by atoms with van der Waals surface area (Å²) in [7, 11) is 0. The third kappa shape index (κ3) is 3.32. The first-order chi connectivity index (χ1) is 11.6. The van der Waals surface area contributed by atoms with Crippen molar-refractivity contribution >= 4 is 11.7 Å². The predicted molar refractivity (Wildman–Crippen MR) is 90.2 cm³/mol. The van der Waals surface area contributed by atoms with Gasteiger partial charge >= 0.3 is 5.97 Å². The molecule has 0 unspecified atom stereocenters. The van der Waals surface area contributed by atoms with Gasteiger partial charge in [0.05, 0.1) is 11.8 Å². The van der Waals surface area contributed by atoms with E-state index in [1.54, 1.807) is 0 Å². The fourth-order valence-electron chi connectivity index (χ4n) is 3.33. The fourth-order valence-corrected chi connectivity index (χ4v) is 3.33. The van der Waals surface area contributed by atoms with Crippen LogP contribution in [0.2, 0.25) is 0 Å². The quantitative estimate of drug-likeness (QED) is 0.742. The highest BCUT2D eigenvalue weighted by Gasteiger charge is 2.22. The molecule has 0 saturated carbocycles. The van der Waals surface area contributed by atoms with Crippen LogP contribution in [-0.2, 0) is 25.7 Å². The largest absolute Gasteiger partial charge is 0.506 e. The topological polar surface area (TPSA) is 109 Å². The molecule has 0 atom stereocenters. The number of hydrogen-bond acceptors (Lipinski definition) is 5. The second-order valence-corrected chi connectivity index (χ2v) is 6.17. The molecule has 2 aromatic heterocycles. The number of aromatic hydroxyl groups is 1. The smallest absolute Gasteiger partial charge is 0.337 e. The molecule has 6 nitrogen and oxygen atoms in total. The van der Waals surface area contributed by atoms with Crippen LogP contribution in [0.25, 0.3) is 0 Å². The average Bonchev–Trinajstić information content (AvgIpc) is 3.04. The number of anilines is 1. The molecule has 126 valence electrons. The van der Waals surface area contributed by atoms with Crippen molar-refractivity contribution < 1.29 is 15.0 Å². The van der Waals surface area contributed by atoms with Crippen LogP contribution in [0.4, 0.5) is 5.69 Å². The van der Waals surface area contributed by atoms with Gasteiger partial charge in [0.15, 0.2) is 0 Å². The summed E-state index contributed by atoms with van der Waals surface area (Å²) in [6.45, 7) is 0. The van der Waals surface area contributed by atoms with Crippen molar-refractivity contribution in [3.05, 3.63) is 46.5 Å². The van der Waals surface area contributed by atoms with Gasteiger partial charge in [0.2, 0.25) is 0 Å². The highest BCUT2D eigenvalue weighted by Crippen LogP contribution is 2.33. The number of fused-ring (bicyclic) bond motifs is 2. The Morgan fingerprint density at radius 3 is 2.25 bits per heavy atom. The van der Waals surface area contributed by atoms with Crippen molar-refractivity contribution in [1.29, 1.82) is 0 Å². The SMILES string of the molecule is Nc1c2c(nc3c1CCC3)CCCC2.O=C(O)c1cncc(O)c1. The van der Waals surface area contributed by atoms with Gasteiger partial charge in [-0.1, -0.05) is 0 Å². The minimum Gasteiger partial charge on any atom is -0.506 e. The van der Waals surface area contributed by atoms with Crippen LogP contribution in [0.3, 0.4) is 0 Å². The van der Waals surface area contributed by atoms with E-state index in [2.05, 4.69) is 4.98 Å². The van der Waals surface area contributed by atoms with Crippen LogP contribution >= 0.6 is 0 Å². The number of pyridine rings is 2. The summed E-state index contributed by atoms with van der Waals surface area (Å²) < 4.78 is 0. The van der Waals surface area contributed by atoms with Crippen LogP contribution < -0.4 is 5.73 Å². The molecule has 0 fully saturated rings. The molecule has 6 heteroatoms. The van der Waals surface area contributed by atoms with Crippen molar-refractivity contribution in [2.75, 3.05) is 5.73 Å². The number of rotatable bonds is 1. The number of carboxylic acids is 1. The zero-order valence-corrected chi connectivity index (χ0v) is 13.5. The lowest BCUT2D eigenvalue weighted by Gasteiger charge is -2.19. The minimum absolute atomic E-state index is 0.0139. The summed E-state index contributed by atoms with van der Waals surface area (Å²) in [6.07, 6.45) is 10.8. The Morgan fingerprint density at radius 1 is 1.00 bits per heavy atom. The van der Waals surface area contributed by atoms with Gasteiger partial charge < -0.3 is 15.9 Å². The van der Waals surface area contributed by atoms with Gasteiger partial charge in [-0.25, -0.2) is 4.79 Å². The van der Waals surface area contributed by atoms with E-state index < -0.39 is 5.97 Å². The lowest BCUT2D eigenvalue weighted by atomic mass is 9.92. The van der Waals surface area contributed by atoms with E-state index in [-0.39, 0.29) is 11.3 Å². The fraction of sp³-hybridized carbons (Fsp3) is 0.389. The van der Waals surface area contributed by atoms with Crippen LogP contribution in [0.1, 0.15) is 52.1 Å². The second kappa shape index (κ2) is 6.86. The number of nitrogens with zero attached hydrogens (tertiary/aromatic N) is 2. The summed E-state index contributed by atoms with van der Waals surface area (Å²) in [6, 6.07) is 1.13. The van der Waals surface area contributed by atoms with E-state index in [1.807, 2.05) is 0 Å². The molecule has 0 aromatic carbocycles. The van der Waals surface area contributed by atoms with Crippen LogP contribution in [0.15, 0.2) is 18.5 Å².